The molecule has 1 saturated heterocycles. The van der Waals surface area contributed by atoms with Crippen molar-refractivity contribution in [3.8, 4) is 17.6 Å². The first-order valence-corrected chi connectivity index (χ1v) is 9.93. The third-order valence-corrected chi connectivity index (χ3v) is 6.85. The monoisotopic (exact) mass is 381 g/mol. The van der Waals surface area contributed by atoms with E-state index in [1.807, 2.05) is 13.0 Å². The maximum Gasteiger partial charge on any atom is 0.325 e. The number of ether oxygens (including phenoxy) is 2. The zero-order chi connectivity index (χ0) is 19.7. The molecule has 2 saturated carbocycles. The minimum Gasteiger partial charge on any atom is -0.492 e. The van der Waals surface area contributed by atoms with Crippen LogP contribution in [0.25, 0.3) is 0 Å². The molecule has 1 atom stereocenters. The van der Waals surface area contributed by atoms with E-state index in [9.17, 15) is 14.9 Å². The maximum absolute atomic E-state index is 12.7. The molecule has 2 aliphatic heterocycles. The Morgan fingerprint density at radius 2 is 2.11 bits per heavy atom. The molecule has 1 aromatic rings. The molecule has 1 spiro atoms. The highest BCUT2D eigenvalue weighted by molar-refractivity contribution is 6.07. The molecule has 2 heterocycles. The molecule has 3 amide bonds. The lowest BCUT2D eigenvalue weighted by Crippen LogP contribution is -2.53. The zero-order valence-corrected chi connectivity index (χ0v) is 16.1. The topological polar surface area (TPSA) is 91.7 Å². The van der Waals surface area contributed by atoms with Gasteiger partial charge in [0.05, 0.1) is 12.2 Å². The Morgan fingerprint density at radius 1 is 1.36 bits per heavy atom. The molecule has 0 radical (unpaired) electrons. The van der Waals surface area contributed by atoms with Crippen LogP contribution in [0.15, 0.2) is 12.1 Å². The Kier molecular flexibility index (Phi) is 3.49. The van der Waals surface area contributed by atoms with Crippen molar-refractivity contribution < 1.29 is 19.1 Å². The van der Waals surface area contributed by atoms with Crippen LogP contribution in [-0.4, -0.2) is 41.1 Å². The molecule has 1 aromatic carbocycles. The van der Waals surface area contributed by atoms with Gasteiger partial charge in [-0.3, -0.25) is 9.69 Å². The largest absolute Gasteiger partial charge is 0.492 e. The van der Waals surface area contributed by atoms with E-state index in [2.05, 4.69) is 11.4 Å². The van der Waals surface area contributed by atoms with E-state index >= 15 is 0 Å². The van der Waals surface area contributed by atoms with Crippen LogP contribution in [-0.2, 0) is 10.2 Å². The predicted molar refractivity (Wildman–Crippen MR) is 99.1 cm³/mol. The summed E-state index contributed by atoms with van der Waals surface area (Å²) in [5, 5.41) is 12.3. The summed E-state index contributed by atoms with van der Waals surface area (Å²) in [6, 6.07) is 5.37. The summed E-state index contributed by atoms with van der Waals surface area (Å²) in [7, 11) is 0. The number of hydrogen-bond acceptors (Lipinski definition) is 5. The molecule has 0 unspecified atom stereocenters. The second-order valence-corrected chi connectivity index (χ2v) is 8.65. The highest BCUT2D eigenvalue weighted by Crippen LogP contribution is 2.59. The van der Waals surface area contributed by atoms with Gasteiger partial charge in [-0.2, -0.15) is 5.26 Å². The van der Waals surface area contributed by atoms with E-state index in [0.717, 1.165) is 24.2 Å². The second kappa shape index (κ2) is 5.63. The average Bonchev–Trinajstić information content (AvgIpc) is 3.28. The van der Waals surface area contributed by atoms with Crippen LogP contribution < -0.4 is 14.8 Å². The van der Waals surface area contributed by atoms with Crippen molar-refractivity contribution in [2.45, 2.75) is 69.1 Å². The molecule has 2 aliphatic carbocycles. The Bertz CT molecular complexity index is 926. The number of imide groups is 1. The second-order valence-electron chi connectivity index (χ2n) is 8.65. The minimum absolute atomic E-state index is 0.00835. The Morgan fingerprint density at radius 3 is 2.71 bits per heavy atom. The van der Waals surface area contributed by atoms with Gasteiger partial charge in [0.1, 0.15) is 29.2 Å². The lowest BCUT2D eigenvalue weighted by Gasteiger charge is -2.40. The Labute approximate surface area is 163 Å². The van der Waals surface area contributed by atoms with Crippen LogP contribution in [0.5, 0.6) is 11.5 Å². The summed E-state index contributed by atoms with van der Waals surface area (Å²) in [5.74, 6) is 1.29. The normalized spacial score (nSPS) is 31.7. The van der Waals surface area contributed by atoms with E-state index in [1.165, 1.54) is 4.90 Å². The van der Waals surface area contributed by atoms with Gasteiger partial charge in [-0.05, 0) is 38.3 Å². The van der Waals surface area contributed by atoms with E-state index in [-0.39, 0.29) is 29.5 Å². The van der Waals surface area contributed by atoms with E-state index in [0.29, 0.717) is 37.2 Å². The first-order valence-electron chi connectivity index (χ1n) is 9.93. The smallest absolute Gasteiger partial charge is 0.325 e. The van der Waals surface area contributed by atoms with Crippen LogP contribution in [0.4, 0.5) is 4.79 Å². The standard InChI is InChI=1S/C21H23N3O4/c1-3-20(2)18(25)24(19(26)23-20)13-8-14(9-13)28-17-12(10-22)4-5-15-16(17)21(6-7-21)11-27-15/h4-5,13-14H,3,6-9,11H2,1-2H3,(H,23,26)/t13?,14?,20-/m1/s1. The van der Waals surface area contributed by atoms with Crippen molar-refractivity contribution in [1.82, 2.24) is 10.2 Å². The van der Waals surface area contributed by atoms with Gasteiger partial charge >= 0.3 is 6.03 Å². The van der Waals surface area contributed by atoms with Crippen LogP contribution in [0.1, 0.15) is 57.1 Å². The van der Waals surface area contributed by atoms with E-state index in [1.54, 1.807) is 13.0 Å². The highest BCUT2D eigenvalue weighted by atomic mass is 16.5. The van der Waals surface area contributed by atoms with Crippen LogP contribution in [0.3, 0.4) is 0 Å². The van der Waals surface area contributed by atoms with Crippen LogP contribution in [0, 0.1) is 11.3 Å². The number of nitrogens with zero attached hydrogens (tertiary/aromatic N) is 2. The van der Waals surface area contributed by atoms with Crippen molar-refractivity contribution in [1.29, 1.82) is 5.26 Å². The van der Waals surface area contributed by atoms with Gasteiger partial charge in [0, 0.05) is 29.9 Å². The van der Waals surface area contributed by atoms with Gasteiger partial charge in [0.2, 0.25) is 0 Å². The lowest BCUT2D eigenvalue weighted by atomic mass is 9.86. The molecule has 7 heteroatoms. The van der Waals surface area contributed by atoms with Crippen LogP contribution in [0.2, 0.25) is 0 Å². The fourth-order valence-corrected chi connectivity index (χ4v) is 4.52. The van der Waals surface area contributed by atoms with Gasteiger partial charge in [-0.25, -0.2) is 4.79 Å². The predicted octanol–water partition coefficient (Wildman–Crippen LogP) is 2.61. The third-order valence-electron chi connectivity index (χ3n) is 6.85. The molecule has 146 valence electrons. The molecule has 1 N–H and O–H groups in total. The highest BCUT2D eigenvalue weighted by Gasteiger charge is 2.55. The summed E-state index contributed by atoms with van der Waals surface area (Å²) in [6.45, 7) is 4.31. The molecular formula is C21H23N3O4. The summed E-state index contributed by atoms with van der Waals surface area (Å²) in [4.78, 5) is 26.3. The summed E-state index contributed by atoms with van der Waals surface area (Å²) >= 11 is 0. The van der Waals surface area contributed by atoms with Crippen molar-refractivity contribution in [3.05, 3.63) is 23.3 Å². The van der Waals surface area contributed by atoms with Crippen molar-refractivity contribution in [2.75, 3.05) is 6.61 Å². The number of amides is 3. The average molecular weight is 381 g/mol. The number of urea groups is 1. The molecule has 0 aromatic heterocycles. The molecule has 7 nitrogen and oxygen atoms in total. The van der Waals surface area contributed by atoms with Gasteiger partial charge in [-0.1, -0.05) is 6.92 Å². The number of nitriles is 1. The Hall–Kier alpha value is -2.75. The Balaban J connectivity index is 1.33. The number of nitrogens with one attached hydrogen (secondary N) is 1. The number of carbonyl (C=O) groups is 2. The fourth-order valence-electron chi connectivity index (χ4n) is 4.52. The van der Waals surface area contributed by atoms with Crippen molar-refractivity contribution in [3.63, 3.8) is 0 Å². The maximum atomic E-state index is 12.7. The SMILES string of the molecule is CC[C@@]1(C)NC(=O)N(C2CC(Oc3c(C#N)ccc4c3C3(CC3)CO4)C2)C1=O. The number of fused-ring (bicyclic) bond motifs is 2. The third kappa shape index (κ3) is 2.27. The molecule has 28 heavy (non-hydrogen) atoms. The number of rotatable bonds is 4. The van der Waals surface area contributed by atoms with E-state index < -0.39 is 5.54 Å². The lowest BCUT2D eigenvalue weighted by molar-refractivity contribution is -0.135. The van der Waals surface area contributed by atoms with E-state index in [4.69, 9.17) is 9.47 Å². The molecular weight excluding hydrogens is 358 g/mol. The van der Waals surface area contributed by atoms with Crippen molar-refractivity contribution >= 4 is 11.9 Å². The quantitative estimate of drug-likeness (QED) is 0.810. The first kappa shape index (κ1) is 17.4. The van der Waals surface area contributed by atoms with Gasteiger partial charge < -0.3 is 14.8 Å². The summed E-state index contributed by atoms with van der Waals surface area (Å²) in [5.41, 5.74) is 0.748. The van der Waals surface area contributed by atoms with Gasteiger partial charge in [0.15, 0.2) is 0 Å². The summed E-state index contributed by atoms with van der Waals surface area (Å²) < 4.78 is 12.1. The number of benzene rings is 1. The number of hydrogen-bond donors (Lipinski definition) is 1. The first-order chi connectivity index (χ1) is 13.4. The van der Waals surface area contributed by atoms with Crippen LogP contribution >= 0.6 is 0 Å². The number of carbonyl (C=O) groups excluding carboxylic acids is 2. The molecule has 0 bridgehead atoms. The summed E-state index contributed by atoms with van der Waals surface area (Å²) in [6.07, 6.45) is 3.72. The van der Waals surface area contributed by atoms with Gasteiger partial charge in [-0.15, -0.1) is 0 Å². The fraction of sp³-hybridized carbons (Fsp3) is 0.571. The molecule has 3 fully saturated rings. The minimum atomic E-state index is -0.813. The van der Waals surface area contributed by atoms with Gasteiger partial charge in [0.25, 0.3) is 5.91 Å². The molecule has 4 aliphatic rings. The molecule has 5 rings (SSSR count). The zero-order valence-electron chi connectivity index (χ0n) is 16.1. The van der Waals surface area contributed by atoms with Crippen molar-refractivity contribution in [2.24, 2.45) is 0 Å².